The predicted octanol–water partition coefficient (Wildman–Crippen LogP) is 4.29. The Balaban J connectivity index is 1.48. The summed E-state index contributed by atoms with van der Waals surface area (Å²) in [5.74, 6) is 0.355. The first-order chi connectivity index (χ1) is 15.3. The molecule has 1 aromatic carbocycles. The van der Waals surface area contributed by atoms with Crippen molar-refractivity contribution in [3.8, 4) is 0 Å². The summed E-state index contributed by atoms with van der Waals surface area (Å²) in [5.41, 5.74) is 4.78. The van der Waals surface area contributed by atoms with Crippen molar-refractivity contribution in [3.63, 3.8) is 0 Å². The molecular formula is C26H28N4O2. The largest absolute Gasteiger partial charge is 0.348 e. The lowest BCUT2D eigenvalue weighted by Crippen LogP contribution is -2.36. The minimum absolute atomic E-state index is 0.0559. The van der Waals surface area contributed by atoms with Crippen molar-refractivity contribution in [2.24, 2.45) is 0 Å². The molecule has 3 heterocycles. The second kappa shape index (κ2) is 8.54. The first-order valence-electron chi connectivity index (χ1n) is 10.9. The number of carbonyl (C=O) groups excluding carboxylic acids is 2. The van der Waals surface area contributed by atoms with E-state index >= 15 is 0 Å². The molecule has 0 fully saturated rings. The first-order valence-corrected chi connectivity index (χ1v) is 10.9. The second-order valence-corrected chi connectivity index (χ2v) is 8.54. The zero-order chi connectivity index (χ0) is 22.9. The van der Waals surface area contributed by atoms with E-state index in [0.717, 1.165) is 34.5 Å². The van der Waals surface area contributed by atoms with Gasteiger partial charge in [-0.1, -0.05) is 32.0 Å². The lowest BCUT2D eigenvalue weighted by atomic mass is 9.71. The van der Waals surface area contributed by atoms with Gasteiger partial charge >= 0.3 is 0 Å². The Kier molecular flexibility index (Phi) is 5.78. The molecule has 1 unspecified atom stereocenters. The Morgan fingerprint density at radius 3 is 2.66 bits per heavy atom. The fraction of sp³-hybridized carbons (Fsp3) is 0.308. The summed E-state index contributed by atoms with van der Waals surface area (Å²) in [6.45, 7) is 8.47. The smallest absolute Gasteiger partial charge is 0.251 e. The van der Waals surface area contributed by atoms with Gasteiger partial charge in [-0.25, -0.2) is 4.98 Å². The molecule has 6 nitrogen and oxygen atoms in total. The molecule has 6 heteroatoms. The van der Waals surface area contributed by atoms with E-state index in [2.05, 4.69) is 27.5 Å². The molecule has 2 aromatic heterocycles. The third kappa shape index (κ3) is 3.88. The van der Waals surface area contributed by atoms with Crippen LogP contribution in [0, 0.1) is 6.92 Å². The number of pyridine rings is 2. The highest BCUT2D eigenvalue weighted by atomic mass is 16.2. The minimum Gasteiger partial charge on any atom is -0.348 e. The lowest BCUT2D eigenvalue weighted by Gasteiger charge is -2.30. The second-order valence-electron chi connectivity index (χ2n) is 8.54. The minimum atomic E-state index is -0.719. The van der Waals surface area contributed by atoms with Gasteiger partial charge in [0, 0.05) is 35.3 Å². The van der Waals surface area contributed by atoms with Crippen molar-refractivity contribution in [3.05, 3.63) is 88.4 Å². The Hall–Kier alpha value is -3.54. The van der Waals surface area contributed by atoms with Crippen LogP contribution in [0.3, 0.4) is 0 Å². The summed E-state index contributed by atoms with van der Waals surface area (Å²) in [6, 6.07) is 15.3. The van der Waals surface area contributed by atoms with Crippen LogP contribution in [0.1, 0.15) is 65.1 Å². The van der Waals surface area contributed by atoms with Crippen LogP contribution in [0.15, 0.2) is 54.7 Å². The Labute approximate surface area is 188 Å². The number of benzene rings is 1. The molecule has 164 valence electrons. The number of carbonyl (C=O) groups is 2. The molecule has 0 radical (unpaired) electrons. The maximum absolute atomic E-state index is 12.8. The number of amides is 2. The molecule has 0 spiro atoms. The van der Waals surface area contributed by atoms with E-state index in [0.29, 0.717) is 17.9 Å². The zero-order valence-corrected chi connectivity index (χ0v) is 18.9. The monoisotopic (exact) mass is 428 g/mol. The van der Waals surface area contributed by atoms with Crippen molar-refractivity contribution in [2.75, 3.05) is 5.32 Å². The first kappa shape index (κ1) is 21.7. The van der Waals surface area contributed by atoms with Gasteiger partial charge in [-0.15, -0.1) is 0 Å². The SMILES string of the molecule is CCc1cc(CNC(=O)c2ccc(C(C)[C@@]3(C)C(=O)Nc4ncccc43)cc2)cc(C)n1. The molecule has 1 aliphatic heterocycles. The maximum Gasteiger partial charge on any atom is 0.251 e. The standard InChI is InChI=1S/C26H28N4O2/c1-5-21-14-18(13-16(2)29-21)15-28-24(31)20-10-8-19(9-11-20)17(3)26(4)22-7-6-12-27-23(22)30-25(26)32/h6-14,17H,5,15H2,1-4H3,(H,28,31)(H,27,30,32)/t17?,26-/m1/s1. The predicted molar refractivity (Wildman–Crippen MR) is 125 cm³/mol. The van der Waals surface area contributed by atoms with Crippen LogP contribution in [0.2, 0.25) is 0 Å². The normalized spacial score (nSPS) is 18.1. The molecule has 0 saturated carbocycles. The molecule has 1 aliphatic rings. The molecular weight excluding hydrogens is 400 g/mol. The quantitative estimate of drug-likeness (QED) is 0.613. The number of hydrogen-bond acceptors (Lipinski definition) is 4. The summed E-state index contributed by atoms with van der Waals surface area (Å²) in [6.07, 6.45) is 2.54. The molecule has 2 atom stereocenters. The lowest BCUT2D eigenvalue weighted by molar-refractivity contribution is -0.120. The van der Waals surface area contributed by atoms with Gasteiger partial charge in [0.25, 0.3) is 5.91 Å². The van der Waals surface area contributed by atoms with Crippen LogP contribution in [0.5, 0.6) is 0 Å². The Bertz CT molecular complexity index is 1170. The van der Waals surface area contributed by atoms with Gasteiger partial charge in [-0.2, -0.15) is 0 Å². The van der Waals surface area contributed by atoms with Gasteiger partial charge in [0.15, 0.2) is 0 Å². The number of aromatic nitrogens is 2. The number of rotatable bonds is 6. The summed E-state index contributed by atoms with van der Waals surface area (Å²) in [7, 11) is 0. The Morgan fingerprint density at radius 2 is 1.94 bits per heavy atom. The van der Waals surface area contributed by atoms with Gasteiger partial charge < -0.3 is 10.6 Å². The van der Waals surface area contributed by atoms with Crippen molar-refractivity contribution in [1.82, 2.24) is 15.3 Å². The molecule has 2 amide bonds. The van der Waals surface area contributed by atoms with Crippen molar-refractivity contribution in [2.45, 2.75) is 52.0 Å². The van der Waals surface area contributed by atoms with Gasteiger partial charge in [0.1, 0.15) is 5.82 Å². The van der Waals surface area contributed by atoms with Crippen LogP contribution in [0.4, 0.5) is 5.82 Å². The van der Waals surface area contributed by atoms with Crippen LogP contribution in [-0.2, 0) is 23.2 Å². The number of aryl methyl sites for hydroxylation is 2. The number of fused-ring (bicyclic) bond motifs is 1. The van der Waals surface area contributed by atoms with Crippen LogP contribution in [0.25, 0.3) is 0 Å². The molecule has 2 N–H and O–H groups in total. The molecule has 0 bridgehead atoms. The Morgan fingerprint density at radius 1 is 1.19 bits per heavy atom. The number of hydrogen-bond donors (Lipinski definition) is 2. The average molecular weight is 429 g/mol. The fourth-order valence-corrected chi connectivity index (χ4v) is 4.35. The van der Waals surface area contributed by atoms with E-state index in [-0.39, 0.29) is 17.7 Å². The maximum atomic E-state index is 12.8. The summed E-state index contributed by atoms with van der Waals surface area (Å²) in [5, 5.41) is 5.88. The molecule has 3 aromatic rings. The highest BCUT2D eigenvalue weighted by molar-refractivity contribution is 6.05. The fourth-order valence-electron chi connectivity index (χ4n) is 4.35. The van der Waals surface area contributed by atoms with Crippen LogP contribution in [-0.4, -0.2) is 21.8 Å². The van der Waals surface area contributed by atoms with Crippen molar-refractivity contribution < 1.29 is 9.59 Å². The van der Waals surface area contributed by atoms with E-state index in [1.807, 2.05) is 69.3 Å². The van der Waals surface area contributed by atoms with Gasteiger partial charge in [0.05, 0.1) is 5.41 Å². The van der Waals surface area contributed by atoms with Gasteiger partial charge in [0.2, 0.25) is 5.91 Å². The van der Waals surface area contributed by atoms with E-state index in [1.54, 1.807) is 6.20 Å². The topological polar surface area (TPSA) is 84.0 Å². The number of nitrogens with zero attached hydrogens (tertiary/aromatic N) is 2. The molecule has 4 rings (SSSR count). The van der Waals surface area contributed by atoms with E-state index in [1.165, 1.54) is 0 Å². The number of nitrogens with one attached hydrogen (secondary N) is 2. The summed E-state index contributed by atoms with van der Waals surface area (Å²) < 4.78 is 0. The molecule has 32 heavy (non-hydrogen) atoms. The third-order valence-corrected chi connectivity index (χ3v) is 6.49. The summed E-state index contributed by atoms with van der Waals surface area (Å²) >= 11 is 0. The molecule has 0 saturated heterocycles. The summed E-state index contributed by atoms with van der Waals surface area (Å²) in [4.78, 5) is 34.3. The van der Waals surface area contributed by atoms with E-state index in [9.17, 15) is 9.59 Å². The molecule has 0 aliphatic carbocycles. The van der Waals surface area contributed by atoms with Gasteiger partial charge in [-0.3, -0.25) is 14.6 Å². The third-order valence-electron chi connectivity index (χ3n) is 6.49. The van der Waals surface area contributed by atoms with Crippen molar-refractivity contribution in [1.29, 1.82) is 0 Å². The van der Waals surface area contributed by atoms with Crippen molar-refractivity contribution >= 4 is 17.6 Å². The van der Waals surface area contributed by atoms with E-state index < -0.39 is 5.41 Å². The zero-order valence-electron chi connectivity index (χ0n) is 18.9. The highest BCUT2D eigenvalue weighted by Gasteiger charge is 2.47. The highest BCUT2D eigenvalue weighted by Crippen LogP contribution is 2.45. The van der Waals surface area contributed by atoms with Crippen LogP contribution < -0.4 is 10.6 Å². The van der Waals surface area contributed by atoms with Gasteiger partial charge in [-0.05, 0) is 67.6 Å². The van der Waals surface area contributed by atoms with E-state index in [4.69, 9.17) is 0 Å². The average Bonchev–Trinajstić information content (AvgIpc) is 3.07. The van der Waals surface area contributed by atoms with Crippen LogP contribution >= 0.6 is 0 Å². The number of anilines is 1.